The van der Waals surface area contributed by atoms with Crippen molar-refractivity contribution < 1.29 is 17.2 Å². The first-order valence-electron chi connectivity index (χ1n) is 5.99. The van der Waals surface area contributed by atoms with Gasteiger partial charge < -0.3 is 5.73 Å². The van der Waals surface area contributed by atoms with Crippen LogP contribution in [0.1, 0.15) is 11.3 Å². The summed E-state index contributed by atoms with van der Waals surface area (Å²) in [5.41, 5.74) is 6.10. The average molecular weight is 316 g/mol. The summed E-state index contributed by atoms with van der Waals surface area (Å²) in [5, 5.41) is 3.88. The van der Waals surface area contributed by atoms with Crippen LogP contribution in [0.2, 0.25) is 0 Å². The molecule has 0 aliphatic heterocycles. The van der Waals surface area contributed by atoms with Crippen LogP contribution in [0.5, 0.6) is 0 Å². The zero-order valence-electron chi connectivity index (χ0n) is 11.2. The van der Waals surface area contributed by atoms with Gasteiger partial charge in [0.25, 0.3) is 0 Å². The van der Waals surface area contributed by atoms with Crippen molar-refractivity contribution in [3.63, 3.8) is 0 Å². The lowest BCUT2D eigenvalue weighted by Crippen LogP contribution is -2.26. The fourth-order valence-corrected chi connectivity index (χ4v) is 2.89. The van der Waals surface area contributed by atoms with Gasteiger partial charge in [-0.1, -0.05) is 0 Å². The predicted molar refractivity (Wildman–Crippen MR) is 71.5 cm³/mol. The molecule has 21 heavy (non-hydrogen) atoms. The molecule has 0 amide bonds. The molecule has 0 saturated heterocycles. The van der Waals surface area contributed by atoms with Crippen molar-refractivity contribution in [3.05, 3.63) is 47.3 Å². The molecule has 2 aromatic rings. The van der Waals surface area contributed by atoms with Crippen LogP contribution >= 0.6 is 0 Å². The van der Waals surface area contributed by atoms with Crippen molar-refractivity contribution in [2.75, 3.05) is 0 Å². The van der Waals surface area contributed by atoms with Gasteiger partial charge in [0.2, 0.25) is 10.0 Å². The van der Waals surface area contributed by atoms with Crippen LogP contribution in [0, 0.1) is 11.6 Å². The maximum Gasteiger partial charge on any atom is 0.243 e. The SMILES string of the molecule is Cn1nccc1CNS(=O)(=O)c1cc(CN)cc(F)c1F. The van der Waals surface area contributed by atoms with Crippen molar-refractivity contribution in [1.29, 1.82) is 0 Å². The third-order valence-corrected chi connectivity index (χ3v) is 4.35. The van der Waals surface area contributed by atoms with E-state index in [1.807, 2.05) is 0 Å². The molecule has 1 aromatic carbocycles. The summed E-state index contributed by atoms with van der Waals surface area (Å²) in [7, 11) is -2.56. The van der Waals surface area contributed by atoms with Gasteiger partial charge >= 0.3 is 0 Å². The molecule has 0 unspecified atom stereocenters. The van der Waals surface area contributed by atoms with E-state index >= 15 is 0 Å². The second-order valence-electron chi connectivity index (χ2n) is 4.36. The quantitative estimate of drug-likeness (QED) is 0.847. The minimum atomic E-state index is -4.20. The Hall–Kier alpha value is -1.84. The Morgan fingerprint density at radius 3 is 2.67 bits per heavy atom. The van der Waals surface area contributed by atoms with Crippen molar-refractivity contribution in [2.45, 2.75) is 18.0 Å². The minimum absolute atomic E-state index is 0.0905. The molecule has 0 spiro atoms. The van der Waals surface area contributed by atoms with E-state index in [9.17, 15) is 17.2 Å². The predicted octanol–water partition coefficient (Wildman–Crippen LogP) is 0.635. The van der Waals surface area contributed by atoms with E-state index in [1.54, 1.807) is 13.1 Å². The molecule has 0 fully saturated rings. The molecule has 0 atom stereocenters. The third-order valence-electron chi connectivity index (χ3n) is 2.95. The third kappa shape index (κ3) is 3.26. The number of hydrogen-bond acceptors (Lipinski definition) is 4. The summed E-state index contributed by atoms with van der Waals surface area (Å²) < 4.78 is 55.0. The molecule has 0 bridgehead atoms. The number of halogens is 2. The summed E-state index contributed by atoms with van der Waals surface area (Å²) in [6.45, 7) is -0.186. The van der Waals surface area contributed by atoms with Crippen LogP contribution in [0.4, 0.5) is 8.78 Å². The highest BCUT2D eigenvalue weighted by atomic mass is 32.2. The van der Waals surface area contributed by atoms with Gasteiger partial charge in [0.1, 0.15) is 4.90 Å². The van der Waals surface area contributed by atoms with Gasteiger partial charge in [-0.25, -0.2) is 21.9 Å². The number of rotatable bonds is 5. The second-order valence-corrected chi connectivity index (χ2v) is 6.10. The van der Waals surface area contributed by atoms with E-state index in [0.717, 1.165) is 12.1 Å². The Bertz CT molecular complexity index is 759. The number of aromatic nitrogens is 2. The van der Waals surface area contributed by atoms with E-state index in [-0.39, 0.29) is 18.7 Å². The maximum absolute atomic E-state index is 13.7. The molecule has 6 nitrogen and oxygen atoms in total. The Morgan fingerprint density at radius 1 is 1.38 bits per heavy atom. The van der Waals surface area contributed by atoms with E-state index in [0.29, 0.717) is 5.69 Å². The standard InChI is InChI=1S/C12H14F2N4O2S/c1-18-9(2-3-16-18)7-17-21(19,20)11-5-8(6-15)4-10(13)12(11)14/h2-5,17H,6-7,15H2,1H3. The fourth-order valence-electron chi connectivity index (χ4n) is 1.75. The van der Waals surface area contributed by atoms with Crippen molar-refractivity contribution in [3.8, 4) is 0 Å². The van der Waals surface area contributed by atoms with Gasteiger partial charge in [0.05, 0.1) is 12.2 Å². The molecule has 114 valence electrons. The number of nitrogens with two attached hydrogens (primary N) is 1. The topological polar surface area (TPSA) is 90.0 Å². The van der Waals surface area contributed by atoms with Crippen LogP contribution < -0.4 is 10.5 Å². The lowest BCUT2D eigenvalue weighted by Gasteiger charge is -2.10. The van der Waals surface area contributed by atoms with E-state index < -0.39 is 26.6 Å². The number of sulfonamides is 1. The first-order valence-corrected chi connectivity index (χ1v) is 7.48. The Labute approximate surface area is 120 Å². The van der Waals surface area contributed by atoms with Crippen LogP contribution in [-0.4, -0.2) is 18.2 Å². The molecule has 0 aliphatic carbocycles. The molecule has 0 aliphatic rings. The highest BCUT2D eigenvalue weighted by molar-refractivity contribution is 7.89. The first kappa shape index (κ1) is 15.5. The number of hydrogen-bond donors (Lipinski definition) is 2. The monoisotopic (exact) mass is 316 g/mol. The maximum atomic E-state index is 13.7. The van der Waals surface area contributed by atoms with E-state index in [1.165, 1.54) is 10.9 Å². The Morgan fingerprint density at radius 2 is 2.10 bits per heavy atom. The van der Waals surface area contributed by atoms with Crippen LogP contribution in [-0.2, 0) is 30.2 Å². The fraction of sp³-hybridized carbons (Fsp3) is 0.250. The molecule has 2 rings (SSSR count). The molecular formula is C12H14F2N4O2S. The van der Waals surface area contributed by atoms with Crippen LogP contribution in [0.3, 0.4) is 0 Å². The molecule has 0 radical (unpaired) electrons. The smallest absolute Gasteiger partial charge is 0.243 e. The summed E-state index contributed by atoms with van der Waals surface area (Å²) in [6.07, 6.45) is 1.50. The van der Waals surface area contributed by atoms with Gasteiger partial charge in [-0.2, -0.15) is 5.10 Å². The normalized spacial score (nSPS) is 11.8. The summed E-state index contributed by atoms with van der Waals surface area (Å²) in [4.78, 5) is -0.759. The number of benzene rings is 1. The van der Waals surface area contributed by atoms with Crippen LogP contribution in [0.25, 0.3) is 0 Å². The van der Waals surface area contributed by atoms with Crippen molar-refractivity contribution in [2.24, 2.45) is 12.8 Å². The highest BCUT2D eigenvalue weighted by Crippen LogP contribution is 2.20. The molecule has 1 aromatic heterocycles. The lowest BCUT2D eigenvalue weighted by atomic mass is 10.2. The van der Waals surface area contributed by atoms with Gasteiger partial charge in [-0.15, -0.1) is 0 Å². The van der Waals surface area contributed by atoms with Crippen LogP contribution in [0.15, 0.2) is 29.3 Å². The second kappa shape index (κ2) is 5.88. The van der Waals surface area contributed by atoms with Gasteiger partial charge in [-0.05, 0) is 23.8 Å². The number of nitrogens with zero attached hydrogens (tertiary/aromatic N) is 2. The van der Waals surface area contributed by atoms with Gasteiger partial charge in [0.15, 0.2) is 11.6 Å². The summed E-state index contributed by atoms with van der Waals surface area (Å²) in [6, 6.07) is 3.50. The Balaban J connectivity index is 2.31. The molecule has 0 saturated carbocycles. The summed E-state index contributed by atoms with van der Waals surface area (Å²) >= 11 is 0. The minimum Gasteiger partial charge on any atom is -0.326 e. The zero-order chi connectivity index (χ0) is 15.6. The zero-order valence-corrected chi connectivity index (χ0v) is 12.0. The largest absolute Gasteiger partial charge is 0.326 e. The highest BCUT2D eigenvalue weighted by Gasteiger charge is 2.23. The number of nitrogens with one attached hydrogen (secondary N) is 1. The van der Waals surface area contributed by atoms with Gasteiger partial charge in [-0.3, -0.25) is 4.68 Å². The van der Waals surface area contributed by atoms with Crippen molar-refractivity contribution >= 4 is 10.0 Å². The lowest BCUT2D eigenvalue weighted by molar-refractivity contribution is 0.481. The van der Waals surface area contributed by atoms with E-state index in [2.05, 4.69) is 9.82 Å². The van der Waals surface area contributed by atoms with Crippen molar-refractivity contribution in [1.82, 2.24) is 14.5 Å². The first-order chi connectivity index (χ1) is 9.85. The van der Waals surface area contributed by atoms with E-state index in [4.69, 9.17) is 5.73 Å². The average Bonchev–Trinajstić information content (AvgIpc) is 2.84. The summed E-state index contributed by atoms with van der Waals surface area (Å²) in [5.74, 6) is -2.68. The Kier molecular flexibility index (Phi) is 4.35. The molecule has 3 N–H and O–H groups in total. The molecule has 1 heterocycles. The number of aryl methyl sites for hydroxylation is 1. The molecule has 9 heteroatoms. The molecular weight excluding hydrogens is 302 g/mol. The van der Waals surface area contributed by atoms with Gasteiger partial charge in [0, 0.05) is 19.8 Å².